The number of benzene rings is 2. The second kappa shape index (κ2) is 11.0. The lowest BCUT2D eigenvalue weighted by atomic mass is 9.95. The van der Waals surface area contributed by atoms with Crippen LogP contribution in [0.4, 0.5) is 22.0 Å². The number of hydrogen-bond acceptors (Lipinski definition) is 8. The van der Waals surface area contributed by atoms with Crippen molar-refractivity contribution in [2.24, 2.45) is 0 Å². The average Bonchev–Trinajstić information content (AvgIpc) is 3.58. The van der Waals surface area contributed by atoms with E-state index in [0.717, 1.165) is 28.9 Å². The first kappa shape index (κ1) is 28.9. The Labute approximate surface area is 233 Å². The van der Waals surface area contributed by atoms with Gasteiger partial charge in [-0.25, -0.2) is 23.1 Å². The van der Waals surface area contributed by atoms with Crippen molar-refractivity contribution in [1.29, 1.82) is 0 Å². The Morgan fingerprint density at radius 2 is 1.88 bits per heavy atom. The van der Waals surface area contributed by atoms with E-state index in [4.69, 9.17) is 21.1 Å². The molecule has 16 heteroatoms. The molecule has 1 aliphatic rings. The molecule has 4 atom stereocenters. The van der Waals surface area contributed by atoms with Crippen LogP contribution in [0.1, 0.15) is 35.8 Å². The van der Waals surface area contributed by atoms with E-state index in [1.165, 1.54) is 31.0 Å². The average molecular weight is 601 g/mol. The predicted molar refractivity (Wildman–Crippen MR) is 132 cm³/mol. The number of aliphatic hydroxyl groups excluding tert-OH is 2. The molecule has 218 valence electrons. The zero-order chi connectivity index (χ0) is 29.6. The SMILES string of the molecule is COc1ccc(C(F)(F)F)c(-n2nc(C)nc2C2CC(n3cc(-c4cc(F)c(Cl)c(F)c4)nn3)C(O)C(CO)O2)c1. The van der Waals surface area contributed by atoms with Gasteiger partial charge in [-0.05, 0) is 31.2 Å². The van der Waals surface area contributed by atoms with E-state index in [0.29, 0.717) is 0 Å². The van der Waals surface area contributed by atoms with Crippen LogP contribution < -0.4 is 4.74 Å². The molecule has 0 radical (unpaired) electrons. The fourth-order valence-electron chi connectivity index (χ4n) is 4.68. The molecule has 2 aromatic carbocycles. The minimum absolute atomic E-state index is 0.0283. The normalized spacial score (nSPS) is 21.3. The zero-order valence-corrected chi connectivity index (χ0v) is 22.1. The maximum absolute atomic E-state index is 14.0. The third-order valence-electron chi connectivity index (χ3n) is 6.64. The molecule has 0 saturated carbocycles. The van der Waals surface area contributed by atoms with E-state index in [2.05, 4.69) is 20.4 Å². The van der Waals surface area contributed by atoms with Crippen LogP contribution in [0.5, 0.6) is 5.75 Å². The van der Waals surface area contributed by atoms with Gasteiger partial charge in [0.15, 0.2) is 5.82 Å². The van der Waals surface area contributed by atoms with Gasteiger partial charge in [-0.3, -0.25) is 0 Å². The third-order valence-corrected chi connectivity index (χ3v) is 7.01. The highest BCUT2D eigenvalue weighted by atomic mass is 35.5. The standard InChI is InChI=1S/C25H22ClF5N6O4/c1-11-32-24(37(34-11)18-7-13(40-2)3-4-14(18)25(29,30)31)20-8-19(23(39)21(10-38)41-20)36-9-17(33-35-36)12-5-15(27)22(26)16(28)6-12/h3-7,9,19-21,23,38-39H,8,10H2,1-2H3. The van der Waals surface area contributed by atoms with Gasteiger partial charge >= 0.3 is 6.18 Å². The van der Waals surface area contributed by atoms with Crippen molar-refractivity contribution in [2.45, 2.75) is 43.9 Å². The number of methoxy groups -OCH3 is 1. The Balaban J connectivity index is 1.54. The summed E-state index contributed by atoms with van der Waals surface area (Å²) in [5.41, 5.74) is -1.28. The first-order chi connectivity index (χ1) is 19.4. The molecule has 4 aromatic rings. The highest BCUT2D eigenvalue weighted by Crippen LogP contribution is 2.41. The number of ether oxygens (including phenoxy) is 2. The van der Waals surface area contributed by atoms with Crippen molar-refractivity contribution in [3.63, 3.8) is 0 Å². The molecule has 1 saturated heterocycles. The van der Waals surface area contributed by atoms with Crippen molar-refractivity contribution in [2.75, 3.05) is 13.7 Å². The number of alkyl halides is 3. The minimum atomic E-state index is -4.74. The van der Waals surface area contributed by atoms with Crippen LogP contribution >= 0.6 is 11.6 Å². The van der Waals surface area contributed by atoms with Crippen LogP contribution in [0.2, 0.25) is 5.02 Å². The Hall–Kier alpha value is -3.66. The molecule has 5 rings (SSSR count). The van der Waals surface area contributed by atoms with E-state index < -0.39 is 59.4 Å². The summed E-state index contributed by atoms with van der Waals surface area (Å²) in [6.45, 7) is 0.837. The Bertz CT molecular complexity index is 1560. The van der Waals surface area contributed by atoms with Gasteiger partial charge in [0.1, 0.15) is 52.2 Å². The van der Waals surface area contributed by atoms with Crippen LogP contribution in [0.25, 0.3) is 16.9 Å². The second-order valence-corrected chi connectivity index (χ2v) is 9.66. The first-order valence-electron chi connectivity index (χ1n) is 12.1. The third kappa shape index (κ3) is 5.49. The number of aliphatic hydroxyl groups is 2. The van der Waals surface area contributed by atoms with Crippen molar-refractivity contribution in [3.8, 4) is 22.7 Å². The Morgan fingerprint density at radius 3 is 2.51 bits per heavy atom. The largest absolute Gasteiger partial charge is 0.497 e. The highest BCUT2D eigenvalue weighted by molar-refractivity contribution is 6.31. The monoisotopic (exact) mass is 600 g/mol. The molecule has 0 aliphatic carbocycles. The number of hydrogen-bond donors (Lipinski definition) is 2. The minimum Gasteiger partial charge on any atom is -0.497 e. The molecule has 10 nitrogen and oxygen atoms in total. The summed E-state index contributed by atoms with van der Waals surface area (Å²) in [6, 6.07) is 4.19. The van der Waals surface area contributed by atoms with Crippen molar-refractivity contribution >= 4 is 11.6 Å². The fourth-order valence-corrected chi connectivity index (χ4v) is 4.79. The first-order valence-corrected chi connectivity index (χ1v) is 12.5. The molecular formula is C25H22ClF5N6O4. The fraction of sp³-hybridized carbons (Fsp3) is 0.360. The number of halogens is 6. The van der Waals surface area contributed by atoms with Crippen molar-refractivity contribution in [3.05, 3.63) is 70.4 Å². The Kier molecular flexibility index (Phi) is 7.72. The molecule has 0 amide bonds. The van der Waals surface area contributed by atoms with E-state index in [9.17, 15) is 32.2 Å². The molecule has 2 N–H and O–H groups in total. The summed E-state index contributed by atoms with van der Waals surface area (Å²) in [4.78, 5) is 4.31. The molecule has 2 aromatic heterocycles. The van der Waals surface area contributed by atoms with Gasteiger partial charge in [0, 0.05) is 18.1 Å². The van der Waals surface area contributed by atoms with Gasteiger partial charge in [0.2, 0.25) is 0 Å². The molecule has 0 spiro atoms. The molecule has 41 heavy (non-hydrogen) atoms. The lowest BCUT2D eigenvalue weighted by Crippen LogP contribution is -2.45. The predicted octanol–water partition coefficient (Wildman–Crippen LogP) is 4.22. The van der Waals surface area contributed by atoms with Gasteiger partial charge in [-0.15, -0.1) is 5.10 Å². The molecule has 1 fully saturated rings. The molecule has 0 bridgehead atoms. The van der Waals surface area contributed by atoms with Gasteiger partial charge in [-0.1, -0.05) is 16.8 Å². The van der Waals surface area contributed by atoms with E-state index in [1.54, 1.807) is 0 Å². The summed E-state index contributed by atoms with van der Waals surface area (Å²) in [5.74, 6) is -1.76. The lowest BCUT2D eigenvalue weighted by Gasteiger charge is -2.38. The summed E-state index contributed by atoms with van der Waals surface area (Å²) >= 11 is 5.56. The topological polar surface area (TPSA) is 120 Å². The van der Waals surface area contributed by atoms with Gasteiger partial charge in [0.25, 0.3) is 0 Å². The van der Waals surface area contributed by atoms with Gasteiger partial charge in [-0.2, -0.15) is 18.3 Å². The van der Waals surface area contributed by atoms with E-state index >= 15 is 0 Å². The van der Waals surface area contributed by atoms with Crippen molar-refractivity contribution in [1.82, 2.24) is 29.8 Å². The van der Waals surface area contributed by atoms with Gasteiger partial charge < -0.3 is 19.7 Å². The molecule has 3 heterocycles. The summed E-state index contributed by atoms with van der Waals surface area (Å²) in [7, 11) is 1.31. The summed E-state index contributed by atoms with van der Waals surface area (Å²) in [6.07, 6.45) is -7.12. The Morgan fingerprint density at radius 1 is 1.17 bits per heavy atom. The molecule has 4 unspecified atom stereocenters. The second-order valence-electron chi connectivity index (χ2n) is 9.29. The van der Waals surface area contributed by atoms with E-state index in [-0.39, 0.29) is 40.8 Å². The highest BCUT2D eigenvalue weighted by Gasteiger charge is 2.43. The number of nitrogens with zero attached hydrogens (tertiary/aromatic N) is 6. The number of aromatic nitrogens is 6. The van der Waals surface area contributed by atoms with Crippen molar-refractivity contribution < 1.29 is 41.6 Å². The van der Waals surface area contributed by atoms with Crippen LogP contribution in [0.15, 0.2) is 36.5 Å². The summed E-state index contributed by atoms with van der Waals surface area (Å²) in [5, 5.41) is 32.3. The summed E-state index contributed by atoms with van der Waals surface area (Å²) < 4.78 is 83.1. The van der Waals surface area contributed by atoms with Crippen LogP contribution in [0, 0.1) is 18.6 Å². The molecule has 1 aliphatic heterocycles. The zero-order valence-electron chi connectivity index (χ0n) is 21.3. The molecular weight excluding hydrogens is 579 g/mol. The number of aryl methyl sites for hydroxylation is 1. The van der Waals surface area contributed by atoms with Crippen LogP contribution in [0.3, 0.4) is 0 Å². The van der Waals surface area contributed by atoms with Crippen LogP contribution in [-0.4, -0.2) is 65.9 Å². The number of rotatable bonds is 6. The maximum atomic E-state index is 14.0. The quantitative estimate of drug-likeness (QED) is 0.249. The maximum Gasteiger partial charge on any atom is 0.418 e. The lowest BCUT2D eigenvalue weighted by molar-refractivity contribution is -0.161. The smallest absolute Gasteiger partial charge is 0.418 e. The van der Waals surface area contributed by atoms with Gasteiger partial charge in [0.05, 0.1) is 37.2 Å². The van der Waals surface area contributed by atoms with Crippen LogP contribution in [-0.2, 0) is 10.9 Å². The van der Waals surface area contributed by atoms with E-state index in [1.807, 2.05) is 0 Å².